The minimum Gasteiger partial charge on any atom is -0.379 e. The minimum atomic E-state index is -3.02. The third-order valence-electron chi connectivity index (χ3n) is 6.87. The molecule has 0 bridgehead atoms. The monoisotopic (exact) mass is 433 g/mol. The number of thioether (sulfide) groups is 1. The molecule has 29 heavy (non-hydrogen) atoms. The van der Waals surface area contributed by atoms with Crippen LogP contribution in [0.1, 0.15) is 55.5 Å². The molecule has 8 heteroatoms. The van der Waals surface area contributed by atoms with Crippen LogP contribution in [0, 0.1) is 5.41 Å². The number of benzene rings is 1. The van der Waals surface area contributed by atoms with Crippen LogP contribution in [0.4, 0.5) is 5.69 Å². The number of fused-ring (bicyclic) bond motifs is 5. The van der Waals surface area contributed by atoms with E-state index in [4.69, 9.17) is 4.99 Å². The first-order valence-corrected chi connectivity index (χ1v) is 13.0. The maximum absolute atomic E-state index is 12.8. The first-order chi connectivity index (χ1) is 13.6. The number of nitrogens with zero attached hydrogens (tertiary/aromatic N) is 1. The lowest BCUT2D eigenvalue weighted by Gasteiger charge is -2.45. The van der Waals surface area contributed by atoms with Crippen molar-refractivity contribution in [2.45, 2.75) is 62.9 Å². The SMILES string of the molecule is CC1=NC2C(CC(C)(C)C3c4cc(C(=O)NC5CCS(=O)(=O)C5)ccc4NC23)S1. The number of rotatable bonds is 2. The summed E-state index contributed by atoms with van der Waals surface area (Å²) in [6, 6.07) is 6.08. The van der Waals surface area contributed by atoms with Crippen molar-refractivity contribution in [3.8, 4) is 0 Å². The van der Waals surface area contributed by atoms with E-state index in [-0.39, 0.29) is 41.0 Å². The fourth-order valence-corrected chi connectivity index (χ4v) is 8.82. The predicted octanol–water partition coefficient (Wildman–Crippen LogP) is 2.81. The quantitative estimate of drug-likeness (QED) is 0.749. The Hall–Kier alpha value is -1.54. The number of carbonyl (C=O) groups excluding carboxylic acids is 1. The van der Waals surface area contributed by atoms with Gasteiger partial charge in [-0.1, -0.05) is 13.8 Å². The van der Waals surface area contributed by atoms with E-state index in [1.165, 1.54) is 10.6 Å². The van der Waals surface area contributed by atoms with Crippen LogP contribution in [0.5, 0.6) is 0 Å². The summed E-state index contributed by atoms with van der Waals surface area (Å²) >= 11 is 1.90. The molecule has 5 atom stereocenters. The van der Waals surface area contributed by atoms with Gasteiger partial charge in [0.2, 0.25) is 0 Å². The molecule has 1 aliphatic carbocycles. The number of nitrogens with one attached hydrogen (secondary N) is 2. The molecule has 0 aromatic heterocycles. The maximum Gasteiger partial charge on any atom is 0.251 e. The van der Waals surface area contributed by atoms with Crippen LogP contribution >= 0.6 is 11.8 Å². The van der Waals surface area contributed by atoms with Gasteiger partial charge in [-0.05, 0) is 48.9 Å². The molecule has 1 saturated carbocycles. The molecule has 3 aliphatic heterocycles. The third-order valence-corrected chi connectivity index (χ3v) is 9.83. The number of hydrogen-bond acceptors (Lipinski definition) is 6. The Balaban J connectivity index is 1.42. The summed E-state index contributed by atoms with van der Waals surface area (Å²) in [6.07, 6.45) is 1.60. The van der Waals surface area contributed by atoms with Gasteiger partial charge in [0.1, 0.15) is 0 Å². The van der Waals surface area contributed by atoms with E-state index in [9.17, 15) is 13.2 Å². The summed E-state index contributed by atoms with van der Waals surface area (Å²) in [5, 5.41) is 8.30. The van der Waals surface area contributed by atoms with Crippen LogP contribution in [-0.2, 0) is 9.84 Å². The highest BCUT2D eigenvalue weighted by molar-refractivity contribution is 8.14. The topological polar surface area (TPSA) is 87.6 Å². The van der Waals surface area contributed by atoms with Gasteiger partial charge >= 0.3 is 0 Å². The van der Waals surface area contributed by atoms with E-state index >= 15 is 0 Å². The van der Waals surface area contributed by atoms with Crippen molar-refractivity contribution >= 4 is 38.2 Å². The van der Waals surface area contributed by atoms with Gasteiger partial charge < -0.3 is 10.6 Å². The minimum absolute atomic E-state index is 0.0427. The first kappa shape index (κ1) is 19.4. The van der Waals surface area contributed by atoms with Crippen LogP contribution < -0.4 is 10.6 Å². The van der Waals surface area contributed by atoms with Gasteiger partial charge in [-0.2, -0.15) is 0 Å². The summed E-state index contributed by atoms with van der Waals surface area (Å²) in [6.45, 7) is 6.74. The Morgan fingerprint density at radius 1 is 1.34 bits per heavy atom. The van der Waals surface area contributed by atoms with Gasteiger partial charge in [-0.25, -0.2) is 8.42 Å². The molecule has 3 heterocycles. The molecule has 156 valence electrons. The summed E-state index contributed by atoms with van der Waals surface area (Å²) in [4.78, 5) is 17.7. The summed E-state index contributed by atoms with van der Waals surface area (Å²) in [7, 11) is -3.02. The Morgan fingerprint density at radius 2 is 2.14 bits per heavy atom. The van der Waals surface area contributed by atoms with Gasteiger partial charge in [0, 0.05) is 28.5 Å². The molecule has 5 unspecified atom stereocenters. The van der Waals surface area contributed by atoms with Crippen molar-refractivity contribution in [1.82, 2.24) is 5.32 Å². The van der Waals surface area contributed by atoms with E-state index in [1.807, 2.05) is 30.0 Å². The molecule has 5 rings (SSSR count). The molecule has 2 N–H and O–H groups in total. The average molecular weight is 434 g/mol. The van der Waals surface area contributed by atoms with Crippen molar-refractivity contribution in [3.63, 3.8) is 0 Å². The van der Waals surface area contributed by atoms with E-state index in [2.05, 4.69) is 31.4 Å². The fraction of sp³-hybridized carbons (Fsp3) is 0.619. The zero-order valence-electron chi connectivity index (χ0n) is 16.9. The zero-order valence-corrected chi connectivity index (χ0v) is 18.6. The van der Waals surface area contributed by atoms with Gasteiger partial charge in [-0.15, -0.1) is 11.8 Å². The lowest BCUT2D eigenvalue weighted by atomic mass is 9.63. The molecule has 0 radical (unpaired) electrons. The largest absolute Gasteiger partial charge is 0.379 e. The highest BCUT2D eigenvalue weighted by atomic mass is 32.2. The van der Waals surface area contributed by atoms with E-state index in [1.54, 1.807) is 0 Å². The number of sulfone groups is 1. The standard InChI is InChI=1S/C21H27N3O3S2/c1-11-22-18-16(28-11)9-21(2,3)17-14-8-12(4-5-15(14)24-19(17)18)20(25)23-13-6-7-29(26,27)10-13/h4-5,8,13,16-19,24H,6-7,9-10H2,1-3H3,(H,23,25). The van der Waals surface area contributed by atoms with Crippen molar-refractivity contribution in [2.24, 2.45) is 10.4 Å². The van der Waals surface area contributed by atoms with E-state index in [0.29, 0.717) is 23.2 Å². The molecule has 1 amide bonds. The van der Waals surface area contributed by atoms with Crippen molar-refractivity contribution < 1.29 is 13.2 Å². The Kier molecular flexibility index (Phi) is 4.34. The number of hydrogen-bond donors (Lipinski definition) is 2. The molecule has 4 aliphatic rings. The fourth-order valence-electron chi connectivity index (χ4n) is 5.65. The van der Waals surface area contributed by atoms with Gasteiger partial charge in [0.15, 0.2) is 9.84 Å². The second-order valence-corrected chi connectivity index (χ2v) is 13.2. The summed E-state index contributed by atoms with van der Waals surface area (Å²) in [5.41, 5.74) is 2.99. The van der Waals surface area contributed by atoms with Gasteiger partial charge in [0.25, 0.3) is 5.91 Å². The number of aliphatic imine (C=N–C) groups is 1. The highest BCUT2D eigenvalue weighted by Gasteiger charge is 2.54. The summed E-state index contributed by atoms with van der Waals surface area (Å²) in [5.74, 6) is 0.315. The molecule has 0 spiro atoms. The van der Waals surface area contributed by atoms with Crippen molar-refractivity contribution in [3.05, 3.63) is 29.3 Å². The molecular formula is C21H27N3O3S2. The molecule has 2 fully saturated rings. The second-order valence-electron chi connectivity index (χ2n) is 9.51. The maximum atomic E-state index is 12.8. The van der Waals surface area contributed by atoms with Crippen molar-refractivity contribution in [2.75, 3.05) is 16.8 Å². The second kappa shape index (κ2) is 6.48. The first-order valence-electron chi connectivity index (χ1n) is 10.3. The predicted molar refractivity (Wildman–Crippen MR) is 118 cm³/mol. The van der Waals surface area contributed by atoms with Crippen LogP contribution in [0.3, 0.4) is 0 Å². The lowest BCUT2D eigenvalue weighted by Crippen LogP contribution is -2.50. The van der Waals surface area contributed by atoms with Crippen LogP contribution in [0.15, 0.2) is 23.2 Å². The van der Waals surface area contributed by atoms with Gasteiger partial charge in [0.05, 0.1) is 28.6 Å². The Bertz CT molecular complexity index is 1020. The van der Waals surface area contributed by atoms with Gasteiger partial charge in [-0.3, -0.25) is 9.79 Å². The molecular weight excluding hydrogens is 406 g/mol. The Labute approximate surface area is 176 Å². The van der Waals surface area contributed by atoms with E-state index in [0.717, 1.165) is 12.1 Å². The van der Waals surface area contributed by atoms with Crippen LogP contribution in [0.25, 0.3) is 0 Å². The number of anilines is 1. The molecule has 1 saturated heterocycles. The number of carbonyl (C=O) groups is 1. The molecule has 6 nitrogen and oxygen atoms in total. The van der Waals surface area contributed by atoms with Crippen molar-refractivity contribution in [1.29, 1.82) is 0 Å². The highest BCUT2D eigenvalue weighted by Crippen LogP contribution is 2.57. The smallest absolute Gasteiger partial charge is 0.251 e. The van der Waals surface area contributed by atoms with Crippen LogP contribution in [0.2, 0.25) is 0 Å². The number of amides is 1. The Morgan fingerprint density at radius 3 is 2.86 bits per heavy atom. The lowest BCUT2D eigenvalue weighted by molar-refractivity contribution is 0.0940. The third kappa shape index (κ3) is 3.28. The van der Waals surface area contributed by atoms with Crippen LogP contribution in [-0.4, -0.2) is 54.2 Å². The van der Waals surface area contributed by atoms with E-state index < -0.39 is 9.84 Å². The molecule has 1 aromatic carbocycles. The normalized spacial score (nSPS) is 35.8. The summed E-state index contributed by atoms with van der Waals surface area (Å²) < 4.78 is 23.4. The average Bonchev–Trinajstić information content (AvgIpc) is 3.28. The molecule has 1 aromatic rings. The zero-order chi connectivity index (χ0) is 20.6.